The molecule has 3 nitrogen and oxygen atoms in total. The van der Waals surface area contributed by atoms with Crippen molar-refractivity contribution in [1.29, 1.82) is 0 Å². The standard InChI is InChI=1S/C17H17Cl2FN2O/c1-10-5-3-4-6-16(10)22-17(23)9-21-11(2)12-7-15(20)14(19)8-13(12)18/h3-8,11,21H,9H2,1-2H3,(H,22,23)/t11-/m1/s1. The average molecular weight is 355 g/mol. The molecular formula is C17H17Cl2FN2O. The van der Waals surface area contributed by atoms with Gasteiger partial charge in [-0.25, -0.2) is 4.39 Å². The fourth-order valence-electron chi connectivity index (χ4n) is 2.13. The predicted molar refractivity (Wildman–Crippen MR) is 92.6 cm³/mol. The maximum Gasteiger partial charge on any atom is 0.238 e. The van der Waals surface area contributed by atoms with Crippen molar-refractivity contribution in [2.24, 2.45) is 0 Å². The van der Waals surface area contributed by atoms with E-state index in [1.54, 1.807) is 6.92 Å². The monoisotopic (exact) mass is 354 g/mol. The zero-order valence-electron chi connectivity index (χ0n) is 12.8. The number of aryl methyl sites for hydroxylation is 1. The molecule has 1 amide bonds. The number of carbonyl (C=O) groups excluding carboxylic acids is 1. The number of amides is 1. The number of rotatable bonds is 5. The van der Waals surface area contributed by atoms with Crippen LogP contribution in [0.1, 0.15) is 24.1 Å². The molecule has 2 aromatic rings. The van der Waals surface area contributed by atoms with Crippen LogP contribution in [0.2, 0.25) is 10.0 Å². The van der Waals surface area contributed by atoms with Gasteiger partial charge in [0.1, 0.15) is 5.82 Å². The van der Waals surface area contributed by atoms with Crippen molar-refractivity contribution in [1.82, 2.24) is 5.32 Å². The molecule has 1 atom stereocenters. The lowest BCUT2D eigenvalue weighted by Gasteiger charge is -2.16. The molecule has 2 N–H and O–H groups in total. The van der Waals surface area contributed by atoms with Crippen LogP contribution >= 0.6 is 23.2 Å². The Morgan fingerprint density at radius 3 is 2.61 bits per heavy atom. The van der Waals surface area contributed by atoms with Crippen LogP contribution < -0.4 is 10.6 Å². The number of carbonyl (C=O) groups is 1. The number of nitrogens with one attached hydrogen (secondary N) is 2. The van der Waals surface area contributed by atoms with E-state index in [1.165, 1.54) is 12.1 Å². The largest absolute Gasteiger partial charge is 0.325 e. The highest BCUT2D eigenvalue weighted by atomic mass is 35.5. The molecule has 0 fully saturated rings. The summed E-state index contributed by atoms with van der Waals surface area (Å²) in [7, 11) is 0. The Morgan fingerprint density at radius 2 is 1.91 bits per heavy atom. The Kier molecular flexibility index (Phi) is 5.99. The third-order valence-corrected chi connectivity index (χ3v) is 4.11. The Bertz CT molecular complexity index is 722. The Hall–Kier alpha value is -1.62. The smallest absolute Gasteiger partial charge is 0.238 e. The second-order valence-corrected chi connectivity index (χ2v) is 6.07. The molecule has 0 radical (unpaired) electrons. The van der Waals surface area contributed by atoms with E-state index in [2.05, 4.69) is 10.6 Å². The first kappa shape index (κ1) is 17.7. The van der Waals surface area contributed by atoms with Crippen molar-refractivity contribution < 1.29 is 9.18 Å². The van der Waals surface area contributed by atoms with Gasteiger partial charge in [0.2, 0.25) is 5.91 Å². The molecule has 2 rings (SSSR count). The van der Waals surface area contributed by atoms with E-state index in [9.17, 15) is 9.18 Å². The fourth-order valence-corrected chi connectivity index (χ4v) is 2.68. The molecule has 0 aliphatic carbocycles. The molecule has 0 saturated heterocycles. The summed E-state index contributed by atoms with van der Waals surface area (Å²) in [5.41, 5.74) is 2.30. The molecule has 0 bridgehead atoms. The van der Waals surface area contributed by atoms with Crippen LogP contribution in [0, 0.1) is 12.7 Å². The van der Waals surface area contributed by atoms with E-state index in [0.717, 1.165) is 11.3 Å². The van der Waals surface area contributed by atoms with Crippen LogP contribution in [-0.4, -0.2) is 12.5 Å². The van der Waals surface area contributed by atoms with Crippen LogP contribution in [0.5, 0.6) is 0 Å². The lowest BCUT2D eigenvalue weighted by atomic mass is 10.1. The number of hydrogen-bond acceptors (Lipinski definition) is 2. The summed E-state index contributed by atoms with van der Waals surface area (Å²) in [6.45, 7) is 3.80. The highest BCUT2D eigenvalue weighted by Crippen LogP contribution is 2.28. The molecule has 2 aromatic carbocycles. The zero-order chi connectivity index (χ0) is 17.0. The summed E-state index contributed by atoms with van der Waals surface area (Å²) in [4.78, 5) is 12.0. The molecule has 0 aliphatic heterocycles. The van der Waals surface area contributed by atoms with E-state index in [-0.39, 0.29) is 23.5 Å². The van der Waals surface area contributed by atoms with E-state index < -0.39 is 5.82 Å². The molecule has 0 spiro atoms. The van der Waals surface area contributed by atoms with Crippen LogP contribution in [-0.2, 0) is 4.79 Å². The number of anilines is 1. The van der Waals surface area contributed by atoms with Crippen LogP contribution in [0.25, 0.3) is 0 Å². The van der Waals surface area contributed by atoms with Gasteiger partial charge in [0.05, 0.1) is 11.6 Å². The SMILES string of the molecule is Cc1ccccc1NC(=O)CN[C@H](C)c1cc(F)c(Cl)cc1Cl. The molecule has 6 heteroatoms. The molecule has 0 unspecified atom stereocenters. The second-order valence-electron chi connectivity index (χ2n) is 5.25. The zero-order valence-corrected chi connectivity index (χ0v) is 14.3. The minimum atomic E-state index is -0.538. The number of hydrogen-bond donors (Lipinski definition) is 2. The van der Waals surface area contributed by atoms with Gasteiger partial charge in [-0.1, -0.05) is 41.4 Å². The van der Waals surface area contributed by atoms with Gasteiger partial charge >= 0.3 is 0 Å². The van der Waals surface area contributed by atoms with Gasteiger partial charge in [-0.15, -0.1) is 0 Å². The average Bonchev–Trinajstić information content (AvgIpc) is 2.51. The molecule has 23 heavy (non-hydrogen) atoms. The maximum atomic E-state index is 13.6. The Balaban J connectivity index is 1.96. The molecule has 0 aromatic heterocycles. The van der Waals surface area contributed by atoms with Gasteiger partial charge < -0.3 is 10.6 Å². The third-order valence-electron chi connectivity index (χ3n) is 3.49. The van der Waals surface area contributed by atoms with Crippen molar-refractivity contribution in [3.05, 3.63) is 63.4 Å². The quantitative estimate of drug-likeness (QED) is 0.762. The Labute approximate surface area is 144 Å². The normalized spacial score (nSPS) is 12.0. The number of benzene rings is 2. The van der Waals surface area contributed by atoms with Crippen LogP contribution in [0.3, 0.4) is 0 Å². The van der Waals surface area contributed by atoms with Crippen LogP contribution in [0.4, 0.5) is 10.1 Å². The first-order valence-electron chi connectivity index (χ1n) is 7.11. The maximum absolute atomic E-state index is 13.6. The van der Waals surface area contributed by atoms with E-state index >= 15 is 0 Å². The van der Waals surface area contributed by atoms with Gasteiger partial charge in [-0.05, 0) is 43.2 Å². The fraction of sp³-hybridized carbons (Fsp3) is 0.235. The minimum Gasteiger partial charge on any atom is -0.325 e. The third kappa shape index (κ3) is 4.67. The van der Waals surface area contributed by atoms with Gasteiger partial charge in [0.15, 0.2) is 0 Å². The van der Waals surface area contributed by atoms with E-state index in [4.69, 9.17) is 23.2 Å². The first-order chi connectivity index (χ1) is 10.9. The highest BCUT2D eigenvalue weighted by Gasteiger charge is 2.14. The molecule has 0 saturated carbocycles. The van der Waals surface area contributed by atoms with Crippen LogP contribution in [0.15, 0.2) is 36.4 Å². The summed E-state index contributed by atoms with van der Waals surface area (Å²) >= 11 is 11.7. The van der Waals surface area contributed by atoms with E-state index in [1.807, 2.05) is 31.2 Å². The van der Waals surface area contributed by atoms with E-state index in [0.29, 0.717) is 10.6 Å². The Morgan fingerprint density at radius 1 is 1.22 bits per heavy atom. The topological polar surface area (TPSA) is 41.1 Å². The predicted octanol–water partition coefficient (Wildman–Crippen LogP) is 4.73. The molecular weight excluding hydrogens is 338 g/mol. The van der Waals surface area contributed by atoms with Gasteiger partial charge in [-0.3, -0.25) is 4.79 Å². The summed E-state index contributed by atoms with van der Waals surface area (Å²) in [5.74, 6) is -0.721. The first-order valence-corrected chi connectivity index (χ1v) is 7.87. The van der Waals surface area contributed by atoms with Gasteiger partial charge in [-0.2, -0.15) is 0 Å². The number of para-hydroxylation sites is 1. The van der Waals surface area contributed by atoms with Crippen molar-refractivity contribution in [2.75, 3.05) is 11.9 Å². The lowest BCUT2D eigenvalue weighted by molar-refractivity contribution is -0.115. The van der Waals surface area contributed by atoms with Crippen molar-refractivity contribution >= 4 is 34.8 Å². The lowest BCUT2D eigenvalue weighted by Crippen LogP contribution is -2.30. The van der Waals surface area contributed by atoms with Gasteiger partial charge in [0, 0.05) is 16.8 Å². The minimum absolute atomic E-state index is 0.0248. The van der Waals surface area contributed by atoms with Crippen molar-refractivity contribution in [3.8, 4) is 0 Å². The van der Waals surface area contributed by atoms with Crippen molar-refractivity contribution in [2.45, 2.75) is 19.9 Å². The van der Waals surface area contributed by atoms with Crippen molar-refractivity contribution in [3.63, 3.8) is 0 Å². The highest BCUT2D eigenvalue weighted by molar-refractivity contribution is 6.35. The van der Waals surface area contributed by atoms with Gasteiger partial charge in [0.25, 0.3) is 0 Å². The summed E-state index contributed by atoms with van der Waals surface area (Å²) < 4.78 is 13.6. The summed E-state index contributed by atoms with van der Waals surface area (Å²) in [5, 5.41) is 6.17. The summed E-state index contributed by atoms with van der Waals surface area (Å²) in [6, 6.07) is 9.86. The second kappa shape index (κ2) is 7.77. The molecule has 122 valence electrons. The molecule has 0 aliphatic rings. The summed E-state index contributed by atoms with van der Waals surface area (Å²) in [6.07, 6.45) is 0. The molecule has 0 heterocycles. The number of halogens is 3.